The summed E-state index contributed by atoms with van der Waals surface area (Å²) < 4.78 is 13.2. The molecule has 3 rings (SSSR count). The second kappa shape index (κ2) is 7.35. The van der Waals surface area contributed by atoms with Crippen molar-refractivity contribution in [3.63, 3.8) is 0 Å². The number of aromatic nitrogens is 3. The van der Waals surface area contributed by atoms with Crippen molar-refractivity contribution in [1.82, 2.24) is 15.0 Å². The lowest BCUT2D eigenvalue weighted by atomic mass is 10.2. The number of hydrogen-bond donors (Lipinski definition) is 1. The van der Waals surface area contributed by atoms with Crippen LogP contribution in [-0.4, -0.2) is 33.2 Å². The zero-order valence-electron chi connectivity index (χ0n) is 13.2. The van der Waals surface area contributed by atoms with Crippen LogP contribution in [0.25, 0.3) is 0 Å². The largest absolute Gasteiger partial charge is 0.497 e. The van der Waals surface area contributed by atoms with E-state index in [0.29, 0.717) is 12.3 Å². The normalized spacial score (nSPS) is 10.5. The van der Waals surface area contributed by atoms with Crippen LogP contribution in [-0.2, 0) is 6.54 Å². The second-order valence-electron chi connectivity index (χ2n) is 5.11. The predicted molar refractivity (Wildman–Crippen MR) is 93.3 cm³/mol. The number of ether oxygens (including phenoxy) is 2. The molecule has 0 amide bonds. The van der Waals surface area contributed by atoms with Crippen molar-refractivity contribution in [2.75, 3.05) is 7.11 Å². The minimum atomic E-state index is -1.20. The van der Waals surface area contributed by atoms with Gasteiger partial charge in [0.2, 0.25) is 5.69 Å². The Bertz CT molecular complexity index is 876. The van der Waals surface area contributed by atoms with Crippen LogP contribution < -0.4 is 9.47 Å². The maximum absolute atomic E-state index is 11.4. The van der Waals surface area contributed by atoms with Crippen LogP contribution >= 0.6 is 15.9 Å². The molecule has 0 atom stereocenters. The average molecular weight is 404 g/mol. The zero-order valence-corrected chi connectivity index (χ0v) is 14.8. The van der Waals surface area contributed by atoms with Crippen molar-refractivity contribution in [2.24, 2.45) is 0 Å². The van der Waals surface area contributed by atoms with Crippen LogP contribution in [0.4, 0.5) is 0 Å². The standard InChI is InChI=1S/C17H14BrN3O4/c1-24-13-6-2-11(3-7-13)10-21-16(15(17(22)23)19-20-21)25-14-8-4-12(18)5-9-14/h2-9H,10H2,1H3,(H,22,23). The maximum Gasteiger partial charge on any atom is 0.362 e. The van der Waals surface area contributed by atoms with Crippen LogP contribution in [0.5, 0.6) is 17.4 Å². The Balaban J connectivity index is 1.90. The molecule has 8 heteroatoms. The first-order valence-electron chi connectivity index (χ1n) is 7.30. The molecule has 0 saturated carbocycles. The molecule has 0 bridgehead atoms. The lowest BCUT2D eigenvalue weighted by Gasteiger charge is -2.09. The number of hydrogen-bond acceptors (Lipinski definition) is 5. The minimum Gasteiger partial charge on any atom is -0.497 e. The van der Waals surface area contributed by atoms with Gasteiger partial charge in [-0.3, -0.25) is 0 Å². The summed E-state index contributed by atoms with van der Waals surface area (Å²) in [7, 11) is 1.59. The van der Waals surface area contributed by atoms with E-state index in [4.69, 9.17) is 9.47 Å². The van der Waals surface area contributed by atoms with Crippen molar-refractivity contribution in [1.29, 1.82) is 0 Å². The van der Waals surface area contributed by atoms with Gasteiger partial charge in [0.15, 0.2) is 0 Å². The lowest BCUT2D eigenvalue weighted by molar-refractivity contribution is 0.0687. The highest BCUT2D eigenvalue weighted by atomic mass is 79.9. The Hall–Kier alpha value is -2.87. The van der Waals surface area contributed by atoms with E-state index in [1.807, 2.05) is 24.3 Å². The Morgan fingerprint density at radius 1 is 1.12 bits per heavy atom. The molecule has 7 nitrogen and oxygen atoms in total. The highest BCUT2D eigenvalue weighted by Gasteiger charge is 2.21. The van der Waals surface area contributed by atoms with E-state index < -0.39 is 5.97 Å². The first-order chi connectivity index (χ1) is 12.1. The number of carboxylic acid groups (broad SMARTS) is 1. The second-order valence-corrected chi connectivity index (χ2v) is 6.03. The number of nitrogens with zero attached hydrogens (tertiary/aromatic N) is 3. The van der Waals surface area contributed by atoms with E-state index >= 15 is 0 Å². The van der Waals surface area contributed by atoms with Crippen molar-refractivity contribution < 1.29 is 19.4 Å². The smallest absolute Gasteiger partial charge is 0.362 e. The number of carboxylic acids is 1. The Morgan fingerprint density at radius 3 is 2.36 bits per heavy atom. The SMILES string of the molecule is COc1ccc(Cn2nnc(C(=O)O)c2Oc2ccc(Br)cc2)cc1. The van der Waals surface area contributed by atoms with Gasteiger partial charge in [0.1, 0.15) is 11.5 Å². The van der Waals surface area contributed by atoms with Gasteiger partial charge in [-0.2, -0.15) is 0 Å². The lowest BCUT2D eigenvalue weighted by Crippen LogP contribution is -2.06. The summed E-state index contributed by atoms with van der Waals surface area (Å²) in [5.41, 5.74) is 0.666. The average Bonchev–Trinajstić information content (AvgIpc) is 3.00. The fourth-order valence-corrected chi connectivity index (χ4v) is 2.43. The molecular formula is C17H14BrN3O4. The molecule has 2 aromatic carbocycles. The molecule has 0 radical (unpaired) electrons. The zero-order chi connectivity index (χ0) is 17.8. The fraction of sp³-hybridized carbons (Fsp3) is 0.118. The summed E-state index contributed by atoms with van der Waals surface area (Å²) in [6.45, 7) is 0.316. The fourth-order valence-electron chi connectivity index (χ4n) is 2.16. The summed E-state index contributed by atoms with van der Waals surface area (Å²) >= 11 is 3.34. The first-order valence-corrected chi connectivity index (χ1v) is 8.09. The summed E-state index contributed by atoms with van der Waals surface area (Å²) in [5.74, 6) is 0.0996. The summed E-state index contributed by atoms with van der Waals surface area (Å²) in [4.78, 5) is 11.4. The van der Waals surface area contributed by atoms with Gasteiger partial charge in [-0.25, -0.2) is 9.48 Å². The van der Waals surface area contributed by atoms with Gasteiger partial charge < -0.3 is 14.6 Å². The van der Waals surface area contributed by atoms with Crippen molar-refractivity contribution in [3.05, 3.63) is 64.3 Å². The molecule has 0 aliphatic heterocycles. The molecule has 0 saturated heterocycles. The van der Waals surface area contributed by atoms with Gasteiger partial charge in [-0.15, -0.1) is 5.10 Å². The number of carbonyl (C=O) groups is 1. The molecule has 128 valence electrons. The van der Waals surface area contributed by atoms with Crippen molar-refractivity contribution >= 4 is 21.9 Å². The maximum atomic E-state index is 11.4. The number of aromatic carboxylic acids is 1. The Kier molecular flexibility index (Phi) is 4.99. The molecule has 0 aliphatic rings. The van der Waals surface area contributed by atoms with E-state index in [9.17, 15) is 9.90 Å². The number of rotatable bonds is 6. The van der Waals surface area contributed by atoms with E-state index in [2.05, 4.69) is 26.2 Å². The predicted octanol–water partition coefficient (Wildman–Crippen LogP) is 3.59. The highest BCUT2D eigenvalue weighted by molar-refractivity contribution is 9.10. The quantitative estimate of drug-likeness (QED) is 0.676. The molecule has 25 heavy (non-hydrogen) atoms. The van der Waals surface area contributed by atoms with E-state index in [-0.39, 0.29) is 11.6 Å². The first kappa shape index (κ1) is 17.0. The highest BCUT2D eigenvalue weighted by Crippen LogP contribution is 2.26. The van der Waals surface area contributed by atoms with Gasteiger partial charge in [-0.1, -0.05) is 33.3 Å². The van der Waals surface area contributed by atoms with Gasteiger partial charge in [0.25, 0.3) is 5.88 Å². The Labute approximate surface area is 151 Å². The van der Waals surface area contributed by atoms with Gasteiger partial charge in [0.05, 0.1) is 13.7 Å². The number of benzene rings is 2. The van der Waals surface area contributed by atoms with Crippen LogP contribution in [0, 0.1) is 0 Å². The number of halogens is 1. The van der Waals surface area contributed by atoms with E-state index in [1.54, 1.807) is 31.4 Å². The minimum absolute atomic E-state index is 0.0747. The molecule has 1 N–H and O–H groups in total. The molecule has 1 aromatic heterocycles. The molecule has 0 aliphatic carbocycles. The third-order valence-corrected chi connectivity index (χ3v) is 3.94. The summed E-state index contributed by atoms with van der Waals surface area (Å²) in [6, 6.07) is 14.4. The molecule has 0 unspecified atom stereocenters. The van der Waals surface area contributed by atoms with Crippen LogP contribution in [0.2, 0.25) is 0 Å². The summed E-state index contributed by atoms with van der Waals surface area (Å²) in [5, 5.41) is 16.9. The van der Waals surface area contributed by atoms with Crippen LogP contribution in [0.15, 0.2) is 53.0 Å². The Morgan fingerprint density at radius 2 is 1.76 bits per heavy atom. The van der Waals surface area contributed by atoms with E-state index in [0.717, 1.165) is 15.8 Å². The topological polar surface area (TPSA) is 86.5 Å². The third kappa shape index (κ3) is 3.97. The molecule has 3 aromatic rings. The molecular weight excluding hydrogens is 390 g/mol. The number of methoxy groups -OCH3 is 1. The van der Waals surface area contributed by atoms with Gasteiger partial charge in [-0.05, 0) is 42.0 Å². The van der Waals surface area contributed by atoms with E-state index in [1.165, 1.54) is 4.68 Å². The molecule has 0 spiro atoms. The molecule has 1 heterocycles. The molecule has 0 fully saturated rings. The third-order valence-electron chi connectivity index (χ3n) is 3.41. The van der Waals surface area contributed by atoms with Gasteiger partial charge >= 0.3 is 5.97 Å². The van der Waals surface area contributed by atoms with Crippen molar-refractivity contribution in [2.45, 2.75) is 6.54 Å². The monoisotopic (exact) mass is 403 g/mol. The van der Waals surface area contributed by atoms with Gasteiger partial charge in [0, 0.05) is 4.47 Å². The van der Waals surface area contributed by atoms with Crippen LogP contribution in [0.1, 0.15) is 16.1 Å². The van der Waals surface area contributed by atoms with Crippen LogP contribution in [0.3, 0.4) is 0 Å². The summed E-state index contributed by atoms with van der Waals surface area (Å²) in [6.07, 6.45) is 0. The van der Waals surface area contributed by atoms with Crippen molar-refractivity contribution in [3.8, 4) is 17.4 Å².